The number of nitrogens with one attached hydrogen (secondary N) is 3. The third-order valence-corrected chi connectivity index (χ3v) is 10.6. The van der Waals surface area contributed by atoms with Gasteiger partial charge in [-0.05, 0) is 70.6 Å². The van der Waals surface area contributed by atoms with Crippen molar-refractivity contribution in [3.05, 3.63) is 0 Å². The molecule has 59 heavy (non-hydrogen) atoms. The highest BCUT2D eigenvalue weighted by Gasteiger charge is 2.28. The van der Waals surface area contributed by atoms with Gasteiger partial charge in [0, 0.05) is 77.7 Å². The SMILES string of the molecule is CC(=O)CN1CCN(CC(=O)O)CCN(CC(=O)O)CCN(CC(=O)CCC2CCC(C(=O)NCCCCC(NC(=O)NC(CCC(=O)O)C(=O)O)C(=O)O)CC2)CC1. The van der Waals surface area contributed by atoms with Gasteiger partial charge in [-0.2, -0.15) is 0 Å². The first kappa shape index (κ1) is 50.4. The van der Waals surface area contributed by atoms with Gasteiger partial charge in [-0.25, -0.2) is 14.4 Å². The number of nitrogens with zero attached hydrogens (tertiary/aromatic N) is 4. The standard InChI is InChI=1S/C38H63N7O14/c1-26(46)22-42-14-16-43(17-19-45(25-34(52)53)21-20-44(18-15-42)24-33(50)51)23-29(47)10-7-27-5-8-28(9-6-27)35(54)39-13-3-2-4-30(36(55)56)40-38(59)41-31(37(57)58)11-12-32(48)49/h27-28,30-31H,2-25H2,1H3,(H,39,54)(H,48,49)(H,50,51)(H,52,53)(H,55,56)(H,57,58)(H2,40,41,59). The summed E-state index contributed by atoms with van der Waals surface area (Å²) in [5.74, 6) is -6.01. The number of unbranched alkanes of at least 4 members (excludes halogenated alkanes) is 1. The summed E-state index contributed by atoms with van der Waals surface area (Å²) in [5.41, 5.74) is 0. The van der Waals surface area contributed by atoms with E-state index in [1.165, 1.54) is 6.92 Å². The molecule has 0 aromatic heterocycles. The highest BCUT2D eigenvalue weighted by atomic mass is 16.4. The van der Waals surface area contributed by atoms with Gasteiger partial charge in [0.05, 0.1) is 26.2 Å². The van der Waals surface area contributed by atoms with Gasteiger partial charge in [0.2, 0.25) is 5.91 Å². The van der Waals surface area contributed by atoms with Crippen LogP contribution in [-0.4, -0.2) is 196 Å². The van der Waals surface area contributed by atoms with Crippen LogP contribution in [0.25, 0.3) is 0 Å². The Morgan fingerprint density at radius 3 is 1.46 bits per heavy atom. The molecule has 0 spiro atoms. The molecule has 2 aliphatic rings. The van der Waals surface area contributed by atoms with Crippen LogP contribution in [0, 0.1) is 11.8 Å². The summed E-state index contributed by atoms with van der Waals surface area (Å²) in [7, 11) is 0. The van der Waals surface area contributed by atoms with Crippen molar-refractivity contribution in [2.75, 3.05) is 85.1 Å². The zero-order chi connectivity index (χ0) is 43.9. The second-order valence-corrected chi connectivity index (χ2v) is 15.5. The van der Waals surface area contributed by atoms with Crippen molar-refractivity contribution in [2.45, 2.75) is 89.6 Å². The van der Waals surface area contributed by atoms with Crippen LogP contribution < -0.4 is 16.0 Å². The van der Waals surface area contributed by atoms with Gasteiger partial charge in [0.25, 0.3) is 0 Å². The van der Waals surface area contributed by atoms with Gasteiger partial charge in [-0.15, -0.1) is 0 Å². The van der Waals surface area contributed by atoms with E-state index in [-0.39, 0.29) is 68.3 Å². The molecule has 1 aliphatic heterocycles. The van der Waals surface area contributed by atoms with Crippen molar-refractivity contribution in [2.24, 2.45) is 11.8 Å². The Kier molecular flexibility index (Phi) is 23.2. The highest BCUT2D eigenvalue weighted by Crippen LogP contribution is 2.31. The lowest BCUT2D eigenvalue weighted by Gasteiger charge is -2.33. The van der Waals surface area contributed by atoms with Crippen molar-refractivity contribution < 1.29 is 68.7 Å². The lowest BCUT2D eigenvalue weighted by molar-refractivity contribution is -0.141. The number of hydrogen-bond acceptors (Lipinski definition) is 13. The number of rotatable bonds is 24. The quantitative estimate of drug-likeness (QED) is 0.0567. The van der Waals surface area contributed by atoms with Crippen LogP contribution in [-0.2, 0) is 38.4 Å². The molecule has 21 nitrogen and oxygen atoms in total. The van der Waals surface area contributed by atoms with E-state index < -0.39 is 54.4 Å². The monoisotopic (exact) mass is 841 g/mol. The van der Waals surface area contributed by atoms with Crippen LogP contribution in [0.5, 0.6) is 0 Å². The molecule has 2 unspecified atom stereocenters. The number of Topliss-reactive ketones (excluding diaryl/α,β-unsaturated/α-hetero) is 2. The Morgan fingerprint density at radius 1 is 0.559 bits per heavy atom. The van der Waals surface area contributed by atoms with Crippen LogP contribution >= 0.6 is 0 Å². The molecule has 1 aliphatic carbocycles. The van der Waals surface area contributed by atoms with Gasteiger partial charge in [-0.1, -0.05) is 0 Å². The van der Waals surface area contributed by atoms with Gasteiger partial charge < -0.3 is 41.5 Å². The number of carbonyl (C=O) groups is 9. The summed E-state index contributed by atoms with van der Waals surface area (Å²) in [5, 5.41) is 53.5. The minimum absolute atomic E-state index is 0.0175. The third-order valence-electron chi connectivity index (χ3n) is 10.6. The molecule has 2 atom stereocenters. The number of carboxylic acids is 5. The number of hydrogen-bond donors (Lipinski definition) is 8. The first-order valence-electron chi connectivity index (χ1n) is 20.3. The molecular formula is C38H63N7O14. The van der Waals surface area contributed by atoms with E-state index in [0.717, 1.165) is 12.8 Å². The average Bonchev–Trinajstić information content (AvgIpc) is 3.15. The van der Waals surface area contributed by atoms with E-state index in [1.54, 1.807) is 9.80 Å². The molecule has 0 aromatic carbocycles. The number of ketones is 2. The fourth-order valence-electron chi connectivity index (χ4n) is 7.29. The summed E-state index contributed by atoms with van der Waals surface area (Å²) in [4.78, 5) is 114. The zero-order valence-electron chi connectivity index (χ0n) is 34.0. The number of carbonyl (C=O) groups excluding carboxylic acids is 4. The summed E-state index contributed by atoms with van der Waals surface area (Å²) in [6.07, 6.45) is 3.84. The second-order valence-electron chi connectivity index (χ2n) is 15.5. The molecule has 1 saturated heterocycles. The Bertz CT molecular complexity index is 1410. The zero-order valence-corrected chi connectivity index (χ0v) is 34.0. The van der Waals surface area contributed by atoms with Crippen LogP contribution in [0.2, 0.25) is 0 Å². The maximum Gasteiger partial charge on any atom is 0.326 e. The minimum atomic E-state index is -1.50. The van der Waals surface area contributed by atoms with Gasteiger partial charge >= 0.3 is 35.9 Å². The van der Waals surface area contributed by atoms with Gasteiger partial charge in [-0.3, -0.25) is 48.4 Å². The Balaban J connectivity index is 1.78. The van der Waals surface area contributed by atoms with Crippen molar-refractivity contribution in [3.8, 4) is 0 Å². The topological polar surface area (TPSA) is 304 Å². The molecule has 334 valence electrons. The molecule has 0 aromatic rings. The Morgan fingerprint density at radius 2 is 1.02 bits per heavy atom. The predicted octanol–water partition coefficient (Wildman–Crippen LogP) is -0.521. The number of aliphatic carboxylic acids is 5. The average molecular weight is 842 g/mol. The third kappa shape index (κ3) is 22.3. The molecule has 1 saturated carbocycles. The van der Waals surface area contributed by atoms with Gasteiger partial charge in [0.15, 0.2) is 0 Å². The second kappa shape index (κ2) is 27.1. The van der Waals surface area contributed by atoms with Crippen molar-refractivity contribution in [3.63, 3.8) is 0 Å². The summed E-state index contributed by atoms with van der Waals surface area (Å²) in [6, 6.07) is -3.88. The van der Waals surface area contributed by atoms with Crippen molar-refractivity contribution >= 4 is 53.4 Å². The number of amides is 3. The molecule has 2 rings (SSSR count). The van der Waals surface area contributed by atoms with E-state index in [0.29, 0.717) is 97.4 Å². The Labute approximate surface area is 343 Å². The molecule has 1 heterocycles. The normalized spacial score (nSPS) is 20.2. The summed E-state index contributed by atoms with van der Waals surface area (Å²) >= 11 is 0. The number of urea groups is 1. The smallest absolute Gasteiger partial charge is 0.326 e. The highest BCUT2D eigenvalue weighted by molar-refractivity contribution is 5.86. The first-order chi connectivity index (χ1) is 27.9. The van der Waals surface area contributed by atoms with Crippen molar-refractivity contribution in [1.29, 1.82) is 0 Å². The predicted molar refractivity (Wildman–Crippen MR) is 210 cm³/mol. The molecule has 0 radical (unpaired) electrons. The maximum atomic E-state index is 13.2. The van der Waals surface area contributed by atoms with E-state index in [1.807, 2.05) is 9.80 Å². The van der Waals surface area contributed by atoms with E-state index in [2.05, 4.69) is 16.0 Å². The lowest BCUT2D eigenvalue weighted by Crippen LogP contribution is -2.51. The van der Waals surface area contributed by atoms with Crippen LogP contribution in [0.1, 0.15) is 77.6 Å². The fourth-order valence-corrected chi connectivity index (χ4v) is 7.29. The van der Waals surface area contributed by atoms with Gasteiger partial charge in [0.1, 0.15) is 23.7 Å². The van der Waals surface area contributed by atoms with Crippen LogP contribution in [0.15, 0.2) is 0 Å². The van der Waals surface area contributed by atoms with Crippen LogP contribution in [0.4, 0.5) is 4.79 Å². The molecular weight excluding hydrogens is 778 g/mol. The largest absolute Gasteiger partial charge is 0.481 e. The molecule has 8 N–H and O–H groups in total. The first-order valence-corrected chi connectivity index (χ1v) is 20.3. The Hall–Kier alpha value is -4.73. The van der Waals surface area contributed by atoms with E-state index >= 15 is 0 Å². The lowest BCUT2D eigenvalue weighted by atomic mass is 9.79. The van der Waals surface area contributed by atoms with E-state index in [9.17, 15) is 63.6 Å². The molecule has 2 fully saturated rings. The molecule has 0 bridgehead atoms. The molecule has 21 heteroatoms. The summed E-state index contributed by atoms with van der Waals surface area (Å²) in [6.45, 7) is 4.99. The number of carboxylic acid groups (broad SMARTS) is 5. The maximum absolute atomic E-state index is 13.2. The van der Waals surface area contributed by atoms with E-state index in [4.69, 9.17) is 5.11 Å². The van der Waals surface area contributed by atoms with Crippen molar-refractivity contribution in [1.82, 2.24) is 35.6 Å². The summed E-state index contributed by atoms with van der Waals surface area (Å²) < 4.78 is 0. The fraction of sp³-hybridized carbons (Fsp3) is 0.763. The minimum Gasteiger partial charge on any atom is -0.481 e. The van der Waals surface area contributed by atoms with Crippen LogP contribution in [0.3, 0.4) is 0 Å². The molecule has 3 amide bonds.